The smallest absolute Gasteiger partial charge is 0.434 e. The standard InChI is InChI=1S/C32H39ClO9S/c1-4-5-16-40-29(37)42-32(27(36)19-41-43(38,39)23-9-7-21(33)8-10-23)15-13-25-24-11-6-20-17-22(34)12-14-30(20,2)28(24)26(35)18-31(25,32)3/h7-10,17,24-25,28H,4-6,11-16,18-19H2,1-3H3/t24-,25-,28+,30-,31-,32-/m0/s1. The third-order valence-corrected chi connectivity index (χ3v) is 12.2. The molecule has 1 aromatic carbocycles. The number of carbonyl (C=O) groups is 4. The number of halogens is 1. The molecule has 0 unspecified atom stereocenters. The predicted octanol–water partition coefficient (Wildman–Crippen LogP) is 6.02. The molecule has 3 saturated carbocycles. The van der Waals surface area contributed by atoms with Crippen LogP contribution < -0.4 is 0 Å². The van der Waals surface area contributed by atoms with Crippen molar-refractivity contribution in [3.63, 3.8) is 0 Å². The quantitative estimate of drug-likeness (QED) is 0.182. The van der Waals surface area contributed by atoms with Crippen molar-refractivity contribution in [1.29, 1.82) is 0 Å². The first-order valence-electron chi connectivity index (χ1n) is 15.1. The molecule has 0 radical (unpaired) electrons. The Morgan fingerprint density at radius 3 is 2.47 bits per heavy atom. The lowest BCUT2D eigenvalue weighted by atomic mass is 9.46. The Hall–Kier alpha value is -2.56. The number of ether oxygens (including phenoxy) is 2. The van der Waals surface area contributed by atoms with Crippen LogP contribution >= 0.6 is 11.6 Å². The van der Waals surface area contributed by atoms with Gasteiger partial charge in [0.2, 0.25) is 5.78 Å². The lowest BCUT2D eigenvalue weighted by Crippen LogP contribution is -2.62. The van der Waals surface area contributed by atoms with Crippen LogP contribution in [0, 0.1) is 28.6 Å². The zero-order valence-corrected chi connectivity index (χ0v) is 26.4. The second-order valence-electron chi connectivity index (χ2n) is 12.9. The van der Waals surface area contributed by atoms with Gasteiger partial charge < -0.3 is 9.47 Å². The number of hydrogen-bond acceptors (Lipinski definition) is 9. The highest BCUT2D eigenvalue weighted by Crippen LogP contribution is 2.67. The number of ketones is 3. The van der Waals surface area contributed by atoms with Crippen molar-refractivity contribution >= 4 is 45.2 Å². The molecule has 3 fully saturated rings. The highest BCUT2D eigenvalue weighted by molar-refractivity contribution is 7.86. The summed E-state index contributed by atoms with van der Waals surface area (Å²) in [6.07, 6.45) is 5.07. The topological polar surface area (TPSA) is 130 Å². The van der Waals surface area contributed by atoms with Gasteiger partial charge in [0.25, 0.3) is 10.1 Å². The Morgan fingerprint density at radius 1 is 1.05 bits per heavy atom. The van der Waals surface area contributed by atoms with Crippen LogP contribution in [0.15, 0.2) is 40.8 Å². The van der Waals surface area contributed by atoms with E-state index in [4.69, 9.17) is 25.3 Å². The number of carbonyl (C=O) groups excluding carboxylic acids is 4. The highest BCUT2D eigenvalue weighted by atomic mass is 35.5. The first-order valence-corrected chi connectivity index (χ1v) is 16.9. The molecule has 43 heavy (non-hydrogen) atoms. The Morgan fingerprint density at radius 2 is 1.77 bits per heavy atom. The van der Waals surface area contributed by atoms with Crippen LogP contribution in [0.2, 0.25) is 5.02 Å². The summed E-state index contributed by atoms with van der Waals surface area (Å²) in [5.74, 6) is -1.18. The molecule has 9 nitrogen and oxygen atoms in total. The predicted molar refractivity (Wildman–Crippen MR) is 157 cm³/mol. The van der Waals surface area contributed by atoms with Crippen molar-refractivity contribution in [2.24, 2.45) is 28.6 Å². The molecule has 0 amide bonds. The molecule has 11 heteroatoms. The molecule has 6 atom stereocenters. The van der Waals surface area contributed by atoms with Gasteiger partial charge in [-0.1, -0.05) is 44.4 Å². The molecule has 4 aliphatic rings. The Bertz CT molecular complexity index is 1450. The first-order chi connectivity index (χ1) is 20.3. The van der Waals surface area contributed by atoms with Gasteiger partial charge in [-0.2, -0.15) is 8.42 Å². The largest absolute Gasteiger partial charge is 0.509 e. The summed E-state index contributed by atoms with van der Waals surface area (Å²) in [6, 6.07) is 5.35. The van der Waals surface area contributed by atoms with E-state index in [0.717, 1.165) is 12.0 Å². The molecule has 0 aromatic heterocycles. The van der Waals surface area contributed by atoms with E-state index < -0.39 is 45.1 Å². The zero-order valence-electron chi connectivity index (χ0n) is 24.9. The minimum absolute atomic E-state index is 0.0203. The minimum Gasteiger partial charge on any atom is -0.434 e. The van der Waals surface area contributed by atoms with Crippen molar-refractivity contribution in [3.05, 3.63) is 40.9 Å². The number of allylic oxidation sites excluding steroid dienone is 1. The molecule has 0 heterocycles. The lowest BCUT2D eigenvalue weighted by Gasteiger charge is -2.58. The van der Waals surface area contributed by atoms with E-state index in [1.165, 1.54) is 24.3 Å². The summed E-state index contributed by atoms with van der Waals surface area (Å²) < 4.78 is 42.3. The molecule has 5 rings (SSSR count). The fraction of sp³-hybridized carbons (Fsp3) is 0.625. The molecule has 0 spiro atoms. The van der Waals surface area contributed by atoms with Crippen LogP contribution in [0.4, 0.5) is 4.79 Å². The van der Waals surface area contributed by atoms with Crippen molar-refractivity contribution in [2.45, 2.75) is 89.1 Å². The molecule has 0 aliphatic heterocycles. The first kappa shape index (κ1) is 31.9. The van der Waals surface area contributed by atoms with Crippen molar-refractivity contribution in [3.8, 4) is 0 Å². The average molecular weight is 635 g/mol. The second kappa shape index (κ2) is 11.7. The maximum atomic E-state index is 14.1. The molecule has 0 saturated heterocycles. The van der Waals surface area contributed by atoms with Gasteiger partial charge in [0.1, 0.15) is 12.4 Å². The summed E-state index contributed by atoms with van der Waals surface area (Å²) in [5.41, 5.74) is -2.31. The highest BCUT2D eigenvalue weighted by Gasteiger charge is 2.71. The summed E-state index contributed by atoms with van der Waals surface area (Å²) in [6.45, 7) is 5.06. The van der Waals surface area contributed by atoms with Crippen LogP contribution in [0.25, 0.3) is 0 Å². The van der Waals surface area contributed by atoms with Crippen LogP contribution in [0.1, 0.15) is 78.6 Å². The van der Waals surface area contributed by atoms with E-state index in [9.17, 15) is 27.6 Å². The van der Waals surface area contributed by atoms with Gasteiger partial charge in [-0.25, -0.2) is 4.79 Å². The monoisotopic (exact) mass is 634 g/mol. The Labute approximate surface area is 257 Å². The van der Waals surface area contributed by atoms with Crippen LogP contribution in [-0.4, -0.2) is 50.7 Å². The van der Waals surface area contributed by atoms with Gasteiger partial charge in [-0.15, -0.1) is 0 Å². The third kappa shape index (κ3) is 5.48. The van der Waals surface area contributed by atoms with E-state index in [1.807, 2.05) is 13.8 Å². The van der Waals surface area contributed by atoms with E-state index >= 15 is 0 Å². The van der Waals surface area contributed by atoms with Gasteiger partial charge in [0, 0.05) is 29.2 Å². The normalized spacial score (nSPS) is 33.6. The second-order valence-corrected chi connectivity index (χ2v) is 15.0. The van der Waals surface area contributed by atoms with Gasteiger partial charge in [-0.05, 0) is 86.1 Å². The van der Waals surface area contributed by atoms with Crippen molar-refractivity contribution in [1.82, 2.24) is 0 Å². The summed E-state index contributed by atoms with van der Waals surface area (Å²) in [4.78, 5) is 53.3. The van der Waals surface area contributed by atoms with Gasteiger partial charge >= 0.3 is 6.16 Å². The zero-order chi connectivity index (χ0) is 31.2. The molecule has 4 aliphatic carbocycles. The molecular formula is C32H39ClO9S. The van der Waals surface area contributed by atoms with Crippen LogP contribution in [0.5, 0.6) is 0 Å². The SMILES string of the molecule is CCCCOC(=O)O[C@]1(C(=O)COS(=O)(=O)c2ccc(Cl)cc2)CC[C@H]2[C@@H]3CCC4=CC(=O)CC[C@]4(C)[C@H]3C(=O)C[C@@]21C. The van der Waals surface area contributed by atoms with Crippen LogP contribution in [-0.2, 0) is 38.2 Å². The average Bonchev–Trinajstić information content (AvgIpc) is 3.24. The van der Waals surface area contributed by atoms with E-state index in [2.05, 4.69) is 6.92 Å². The molecule has 0 bridgehead atoms. The fourth-order valence-corrected chi connectivity index (χ4v) is 9.44. The number of fused-ring (bicyclic) bond motifs is 5. The van der Waals surface area contributed by atoms with E-state index in [-0.39, 0.29) is 53.7 Å². The Balaban J connectivity index is 1.46. The number of benzene rings is 1. The van der Waals surface area contributed by atoms with Gasteiger partial charge in [0.15, 0.2) is 11.4 Å². The molecule has 0 N–H and O–H groups in total. The summed E-state index contributed by atoms with van der Waals surface area (Å²) >= 11 is 5.89. The molecule has 1 aromatic rings. The maximum absolute atomic E-state index is 14.1. The molecule has 234 valence electrons. The van der Waals surface area contributed by atoms with Crippen LogP contribution in [0.3, 0.4) is 0 Å². The third-order valence-electron chi connectivity index (χ3n) is 10.6. The summed E-state index contributed by atoms with van der Waals surface area (Å²) in [5, 5.41) is 0.341. The lowest BCUT2D eigenvalue weighted by molar-refractivity contribution is -0.174. The number of rotatable bonds is 9. The number of unbranched alkanes of at least 4 members (excludes halogenated alkanes) is 1. The minimum atomic E-state index is -4.33. The number of hydrogen-bond donors (Lipinski definition) is 0. The maximum Gasteiger partial charge on any atom is 0.509 e. The Kier molecular flexibility index (Phi) is 8.70. The number of Topliss-reactive ketones (excluding diaryl/α,β-unsaturated/α-hetero) is 2. The van der Waals surface area contributed by atoms with Crippen molar-refractivity contribution in [2.75, 3.05) is 13.2 Å². The summed E-state index contributed by atoms with van der Waals surface area (Å²) in [7, 11) is -4.33. The molecular weight excluding hydrogens is 596 g/mol. The van der Waals surface area contributed by atoms with E-state index in [1.54, 1.807) is 6.08 Å². The van der Waals surface area contributed by atoms with Gasteiger partial charge in [-0.3, -0.25) is 18.6 Å². The fourth-order valence-electron chi connectivity index (χ4n) is 8.44. The van der Waals surface area contributed by atoms with Crippen molar-refractivity contribution < 1.29 is 41.3 Å². The van der Waals surface area contributed by atoms with E-state index in [0.29, 0.717) is 43.5 Å². The van der Waals surface area contributed by atoms with Gasteiger partial charge in [0.05, 0.1) is 11.5 Å².